The summed E-state index contributed by atoms with van der Waals surface area (Å²) < 4.78 is 5.41. The summed E-state index contributed by atoms with van der Waals surface area (Å²) in [6, 6.07) is 8.77. The molecule has 1 rings (SSSR count). The van der Waals surface area contributed by atoms with Crippen LogP contribution < -0.4 is 5.32 Å². The lowest BCUT2D eigenvalue weighted by Crippen LogP contribution is -2.40. The molecule has 1 N–H and O–H groups in total. The number of aryl methyl sites for hydroxylation is 1. The van der Waals surface area contributed by atoms with E-state index < -0.39 is 5.60 Å². The Balaban J connectivity index is 2.43. The molecule has 0 aliphatic rings. The Morgan fingerprint density at radius 3 is 2.36 bits per heavy atom. The normalized spacial score (nSPS) is 12.8. The average Bonchev–Trinajstić information content (AvgIpc) is 2.42. The third-order valence-electron chi connectivity index (χ3n) is 3.44. The molecule has 0 saturated carbocycles. The molecule has 4 heteroatoms. The van der Waals surface area contributed by atoms with Gasteiger partial charge >= 0.3 is 6.09 Å². The van der Waals surface area contributed by atoms with E-state index in [1.54, 1.807) is 4.90 Å². The number of likely N-dealkylation sites (N-methyl/N-ethyl adjacent to an activating group) is 1. The third kappa shape index (κ3) is 6.48. The van der Waals surface area contributed by atoms with Gasteiger partial charge in [0.2, 0.25) is 0 Å². The first-order valence-electron chi connectivity index (χ1n) is 8.01. The SMILES string of the molecule is CCN(CCNC(C)c1ccc(C)cc1)C(=O)OC(C)(C)C. The second-order valence-corrected chi connectivity index (χ2v) is 6.65. The predicted octanol–water partition coefficient (Wildman–Crippen LogP) is 3.90. The maximum Gasteiger partial charge on any atom is 0.410 e. The number of hydrogen-bond donors (Lipinski definition) is 1. The summed E-state index contributed by atoms with van der Waals surface area (Å²) in [7, 11) is 0. The molecule has 0 saturated heterocycles. The number of nitrogens with zero attached hydrogens (tertiary/aromatic N) is 1. The van der Waals surface area contributed by atoms with E-state index in [4.69, 9.17) is 4.74 Å². The maximum atomic E-state index is 12.0. The summed E-state index contributed by atoms with van der Waals surface area (Å²) in [6.07, 6.45) is -0.250. The quantitative estimate of drug-likeness (QED) is 0.866. The van der Waals surface area contributed by atoms with E-state index >= 15 is 0 Å². The first-order chi connectivity index (χ1) is 10.2. The average molecular weight is 306 g/mol. The van der Waals surface area contributed by atoms with E-state index in [-0.39, 0.29) is 12.1 Å². The van der Waals surface area contributed by atoms with E-state index in [0.29, 0.717) is 13.1 Å². The number of benzene rings is 1. The van der Waals surface area contributed by atoms with Crippen molar-refractivity contribution in [3.05, 3.63) is 35.4 Å². The Hall–Kier alpha value is -1.55. The van der Waals surface area contributed by atoms with Gasteiger partial charge in [0.25, 0.3) is 0 Å². The monoisotopic (exact) mass is 306 g/mol. The Kier molecular flexibility index (Phi) is 6.88. The minimum Gasteiger partial charge on any atom is -0.444 e. The van der Waals surface area contributed by atoms with Crippen molar-refractivity contribution in [2.45, 2.75) is 53.2 Å². The summed E-state index contributed by atoms with van der Waals surface area (Å²) in [5.74, 6) is 0. The van der Waals surface area contributed by atoms with Gasteiger partial charge in [-0.2, -0.15) is 0 Å². The molecule has 1 atom stereocenters. The van der Waals surface area contributed by atoms with E-state index in [0.717, 1.165) is 6.54 Å². The van der Waals surface area contributed by atoms with Gasteiger partial charge in [-0.3, -0.25) is 0 Å². The van der Waals surface area contributed by atoms with Crippen molar-refractivity contribution in [1.29, 1.82) is 0 Å². The van der Waals surface area contributed by atoms with Gasteiger partial charge < -0.3 is 15.0 Å². The van der Waals surface area contributed by atoms with Crippen LogP contribution in [0.4, 0.5) is 4.79 Å². The molecule has 0 radical (unpaired) electrons. The minimum absolute atomic E-state index is 0.250. The van der Waals surface area contributed by atoms with Crippen molar-refractivity contribution in [3.8, 4) is 0 Å². The fourth-order valence-corrected chi connectivity index (χ4v) is 2.09. The van der Waals surface area contributed by atoms with E-state index in [1.165, 1.54) is 11.1 Å². The van der Waals surface area contributed by atoms with E-state index in [1.807, 2.05) is 27.7 Å². The number of amides is 1. The summed E-state index contributed by atoms with van der Waals surface area (Å²) in [5, 5.41) is 3.45. The zero-order valence-electron chi connectivity index (χ0n) is 14.8. The standard InChI is InChI=1S/C18H30N2O2/c1-7-20(17(21)22-18(4,5)6)13-12-19-15(3)16-10-8-14(2)9-11-16/h8-11,15,19H,7,12-13H2,1-6H3. The van der Waals surface area contributed by atoms with Crippen molar-refractivity contribution < 1.29 is 9.53 Å². The molecule has 0 aliphatic heterocycles. The summed E-state index contributed by atoms with van der Waals surface area (Å²) >= 11 is 0. The fourth-order valence-electron chi connectivity index (χ4n) is 2.09. The molecule has 4 nitrogen and oxygen atoms in total. The zero-order valence-corrected chi connectivity index (χ0v) is 14.8. The van der Waals surface area contributed by atoms with Crippen LogP contribution in [-0.4, -0.2) is 36.2 Å². The summed E-state index contributed by atoms with van der Waals surface area (Å²) in [5.41, 5.74) is 2.07. The molecule has 22 heavy (non-hydrogen) atoms. The maximum absolute atomic E-state index is 12.0. The Morgan fingerprint density at radius 2 is 1.86 bits per heavy atom. The van der Waals surface area contributed by atoms with Crippen molar-refractivity contribution in [2.24, 2.45) is 0 Å². The third-order valence-corrected chi connectivity index (χ3v) is 3.44. The number of carbonyl (C=O) groups excluding carboxylic acids is 1. The lowest BCUT2D eigenvalue weighted by Gasteiger charge is -2.27. The van der Waals surface area contributed by atoms with Crippen LogP contribution in [-0.2, 0) is 4.74 Å². The van der Waals surface area contributed by atoms with Crippen LogP contribution in [0, 0.1) is 6.92 Å². The second kappa shape index (κ2) is 8.18. The smallest absolute Gasteiger partial charge is 0.410 e. The Bertz CT molecular complexity index is 463. The molecule has 0 aromatic heterocycles. The molecular formula is C18H30N2O2. The van der Waals surface area contributed by atoms with E-state index in [2.05, 4.69) is 43.4 Å². The van der Waals surface area contributed by atoms with Gasteiger partial charge in [-0.05, 0) is 47.1 Å². The van der Waals surface area contributed by atoms with Crippen LogP contribution in [0.1, 0.15) is 51.8 Å². The van der Waals surface area contributed by atoms with Gasteiger partial charge in [0.05, 0.1) is 0 Å². The van der Waals surface area contributed by atoms with Gasteiger partial charge in [0.15, 0.2) is 0 Å². The first kappa shape index (κ1) is 18.5. The molecule has 0 bridgehead atoms. The lowest BCUT2D eigenvalue weighted by molar-refractivity contribution is 0.0261. The van der Waals surface area contributed by atoms with Crippen molar-refractivity contribution in [1.82, 2.24) is 10.2 Å². The highest BCUT2D eigenvalue weighted by atomic mass is 16.6. The molecule has 1 aromatic rings. The molecule has 0 aliphatic carbocycles. The number of rotatable bonds is 6. The minimum atomic E-state index is -0.451. The highest BCUT2D eigenvalue weighted by molar-refractivity contribution is 5.68. The summed E-state index contributed by atoms with van der Waals surface area (Å²) in [6.45, 7) is 13.9. The van der Waals surface area contributed by atoms with Crippen LogP contribution in [0.15, 0.2) is 24.3 Å². The van der Waals surface area contributed by atoms with Crippen molar-refractivity contribution in [2.75, 3.05) is 19.6 Å². The molecule has 1 amide bonds. The van der Waals surface area contributed by atoms with Crippen molar-refractivity contribution >= 4 is 6.09 Å². The highest BCUT2D eigenvalue weighted by Gasteiger charge is 2.20. The van der Waals surface area contributed by atoms with Crippen LogP contribution in [0.5, 0.6) is 0 Å². The molecule has 0 fully saturated rings. The predicted molar refractivity (Wildman–Crippen MR) is 91.1 cm³/mol. The number of nitrogens with one attached hydrogen (secondary N) is 1. The zero-order chi connectivity index (χ0) is 16.8. The molecular weight excluding hydrogens is 276 g/mol. The molecule has 124 valence electrons. The largest absolute Gasteiger partial charge is 0.444 e. The van der Waals surface area contributed by atoms with Crippen molar-refractivity contribution in [3.63, 3.8) is 0 Å². The van der Waals surface area contributed by atoms with Gasteiger partial charge in [0.1, 0.15) is 5.60 Å². The first-order valence-corrected chi connectivity index (χ1v) is 8.01. The molecule has 0 spiro atoms. The number of hydrogen-bond acceptors (Lipinski definition) is 3. The van der Waals surface area contributed by atoms with Gasteiger partial charge in [-0.1, -0.05) is 29.8 Å². The van der Waals surface area contributed by atoms with Gasteiger partial charge in [-0.25, -0.2) is 4.79 Å². The lowest BCUT2D eigenvalue weighted by atomic mass is 10.1. The van der Waals surface area contributed by atoms with Crippen LogP contribution in [0.3, 0.4) is 0 Å². The number of carbonyl (C=O) groups is 1. The van der Waals surface area contributed by atoms with Crippen LogP contribution >= 0.6 is 0 Å². The van der Waals surface area contributed by atoms with Crippen LogP contribution in [0.25, 0.3) is 0 Å². The van der Waals surface area contributed by atoms with E-state index in [9.17, 15) is 4.79 Å². The Labute approximate surface area is 134 Å². The topological polar surface area (TPSA) is 41.6 Å². The molecule has 1 aromatic carbocycles. The van der Waals surface area contributed by atoms with Gasteiger partial charge in [-0.15, -0.1) is 0 Å². The second-order valence-electron chi connectivity index (χ2n) is 6.65. The fraction of sp³-hybridized carbons (Fsp3) is 0.611. The molecule has 1 unspecified atom stereocenters. The summed E-state index contributed by atoms with van der Waals surface area (Å²) in [4.78, 5) is 13.8. The Morgan fingerprint density at radius 1 is 1.27 bits per heavy atom. The number of ether oxygens (including phenoxy) is 1. The van der Waals surface area contributed by atoms with Gasteiger partial charge in [0, 0.05) is 25.7 Å². The van der Waals surface area contributed by atoms with Crippen LogP contribution in [0.2, 0.25) is 0 Å². The highest BCUT2D eigenvalue weighted by Crippen LogP contribution is 2.13. The molecule has 0 heterocycles.